The third-order valence-electron chi connectivity index (χ3n) is 2.72. The van der Waals surface area contributed by atoms with Gasteiger partial charge in [0.2, 0.25) is 10.0 Å². The lowest BCUT2D eigenvalue weighted by Gasteiger charge is -2.08. The van der Waals surface area contributed by atoms with Crippen LogP contribution >= 0.6 is 11.6 Å². The number of pyridine rings is 1. The van der Waals surface area contributed by atoms with Gasteiger partial charge >= 0.3 is 0 Å². The van der Waals surface area contributed by atoms with Crippen LogP contribution in [0, 0.1) is 0 Å². The van der Waals surface area contributed by atoms with Crippen molar-refractivity contribution in [1.82, 2.24) is 9.71 Å². The van der Waals surface area contributed by atoms with Crippen LogP contribution in [0.1, 0.15) is 16.1 Å². The molecule has 0 spiro atoms. The highest BCUT2D eigenvalue weighted by Crippen LogP contribution is 2.21. The maximum absolute atomic E-state index is 12.2. The average Bonchev–Trinajstić information content (AvgIpc) is 2.47. The van der Waals surface area contributed by atoms with E-state index in [-0.39, 0.29) is 12.5 Å². The summed E-state index contributed by atoms with van der Waals surface area (Å²) in [5.41, 5.74) is 1.30. The standard InChI is InChI=1S/C14H14ClN3O3S/c1-22(20,21)17-9-11-8-10(6-7-16-11)14(19)18-13-5-3-2-4-12(13)15/h2-8,17H,9H2,1H3,(H,18,19). The molecule has 8 heteroatoms. The normalized spacial score (nSPS) is 11.2. The van der Waals surface area contributed by atoms with E-state index in [9.17, 15) is 13.2 Å². The first kappa shape index (κ1) is 16.4. The minimum Gasteiger partial charge on any atom is -0.321 e. The summed E-state index contributed by atoms with van der Waals surface area (Å²) < 4.78 is 24.5. The van der Waals surface area contributed by atoms with E-state index in [1.165, 1.54) is 18.3 Å². The molecular weight excluding hydrogens is 326 g/mol. The lowest BCUT2D eigenvalue weighted by molar-refractivity contribution is 0.102. The van der Waals surface area contributed by atoms with Gasteiger partial charge in [0.25, 0.3) is 5.91 Å². The first-order valence-electron chi connectivity index (χ1n) is 6.30. The molecule has 1 aromatic carbocycles. The zero-order chi connectivity index (χ0) is 16.2. The number of halogens is 1. The van der Waals surface area contributed by atoms with Crippen molar-refractivity contribution < 1.29 is 13.2 Å². The zero-order valence-corrected chi connectivity index (χ0v) is 13.3. The second kappa shape index (κ2) is 6.87. The largest absolute Gasteiger partial charge is 0.321 e. The summed E-state index contributed by atoms with van der Waals surface area (Å²) in [6.07, 6.45) is 2.50. The number of carbonyl (C=O) groups excluding carboxylic acids is 1. The third-order valence-corrected chi connectivity index (χ3v) is 3.71. The molecule has 0 atom stereocenters. The topological polar surface area (TPSA) is 88.2 Å². The van der Waals surface area contributed by atoms with Crippen molar-refractivity contribution in [3.8, 4) is 0 Å². The molecule has 0 bridgehead atoms. The van der Waals surface area contributed by atoms with Crippen molar-refractivity contribution >= 4 is 33.2 Å². The van der Waals surface area contributed by atoms with E-state index in [4.69, 9.17) is 11.6 Å². The first-order chi connectivity index (χ1) is 10.3. The second-order valence-corrected chi connectivity index (χ2v) is 6.80. The average molecular weight is 340 g/mol. The van der Waals surface area contributed by atoms with Crippen LogP contribution in [0.25, 0.3) is 0 Å². The molecule has 1 aromatic heterocycles. The predicted molar refractivity (Wildman–Crippen MR) is 85.3 cm³/mol. The number of carbonyl (C=O) groups is 1. The molecular formula is C14H14ClN3O3S. The SMILES string of the molecule is CS(=O)(=O)NCc1cc(C(=O)Nc2ccccc2Cl)ccn1. The van der Waals surface area contributed by atoms with E-state index in [2.05, 4.69) is 15.0 Å². The summed E-state index contributed by atoms with van der Waals surface area (Å²) >= 11 is 5.98. The molecule has 2 aromatic rings. The zero-order valence-electron chi connectivity index (χ0n) is 11.7. The van der Waals surface area contributed by atoms with Gasteiger partial charge in [-0.3, -0.25) is 9.78 Å². The Kier molecular flexibility index (Phi) is 5.12. The number of benzene rings is 1. The molecule has 22 heavy (non-hydrogen) atoms. The monoisotopic (exact) mass is 339 g/mol. The highest BCUT2D eigenvalue weighted by Gasteiger charge is 2.10. The van der Waals surface area contributed by atoms with Gasteiger partial charge in [-0.05, 0) is 24.3 Å². The summed E-state index contributed by atoms with van der Waals surface area (Å²) in [5, 5.41) is 3.12. The Labute approximate surface area is 133 Å². The lowest BCUT2D eigenvalue weighted by Crippen LogP contribution is -2.22. The van der Waals surface area contributed by atoms with Crippen LogP contribution in [0.2, 0.25) is 5.02 Å². The number of hydrogen-bond acceptors (Lipinski definition) is 4. The van der Waals surface area contributed by atoms with Gasteiger partial charge in [0, 0.05) is 11.8 Å². The molecule has 0 fully saturated rings. The molecule has 0 aliphatic heterocycles. The summed E-state index contributed by atoms with van der Waals surface area (Å²) in [5.74, 6) is -0.351. The molecule has 2 rings (SSSR count). The first-order valence-corrected chi connectivity index (χ1v) is 8.57. The van der Waals surface area contributed by atoms with Gasteiger partial charge in [-0.1, -0.05) is 23.7 Å². The summed E-state index contributed by atoms with van der Waals surface area (Å²) in [6.45, 7) is 0.0199. The molecule has 2 N–H and O–H groups in total. The number of sulfonamides is 1. The minimum atomic E-state index is -3.32. The molecule has 0 aliphatic rings. The number of amides is 1. The number of anilines is 1. The van der Waals surface area contributed by atoms with E-state index >= 15 is 0 Å². The Morgan fingerprint density at radius 1 is 1.27 bits per heavy atom. The maximum Gasteiger partial charge on any atom is 0.255 e. The molecule has 0 unspecified atom stereocenters. The van der Waals surface area contributed by atoms with E-state index in [0.717, 1.165) is 6.26 Å². The molecule has 0 saturated heterocycles. The number of nitrogens with zero attached hydrogens (tertiary/aromatic N) is 1. The fraction of sp³-hybridized carbons (Fsp3) is 0.143. The Balaban J connectivity index is 2.12. The van der Waals surface area contributed by atoms with Gasteiger partial charge < -0.3 is 5.32 Å². The molecule has 6 nitrogen and oxygen atoms in total. The molecule has 1 amide bonds. The lowest BCUT2D eigenvalue weighted by atomic mass is 10.2. The van der Waals surface area contributed by atoms with Gasteiger partial charge in [0.1, 0.15) is 0 Å². The fourth-order valence-corrected chi connectivity index (χ4v) is 2.27. The third kappa shape index (κ3) is 4.80. The number of rotatable bonds is 5. The number of aromatic nitrogens is 1. The number of hydrogen-bond donors (Lipinski definition) is 2. The van der Waals surface area contributed by atoms with Gasteiger partial charge in [-0.25, -0.2) is 13.1 Å². The van der Waals surface area contributed by atoms with E-state index < -0.39 is 10.0 Å². The highest BCUT2D eigenvalue weighted by atomic mass is 35.5. The van der Waals surface area contributed by atoms with Crippen LogP contribution in [-0.2, 0) is 16.6 Å². The molecule has 116 valence electrons. The maximum atomic E-state index is 12.2. The van der Waals surface area contributed by atoms with Crippen LogP contribution < -0.4 is 10.0 Å². The Morgan fingerprint density at radius 2 is 2.00 bits per heavy atom. The molecule has 0 aliphatic carbocycles. The van der Waals surface area contributed by atoms with Crippen molar-refractivity contribution in [2.75, 3.05) is 11.6 Å². The van der Waals surface area contributed by atoms with Crippen molar-refractivity contribution in [3.63, 3.8) is 0 Å². The van der Waals surface area contributed by atoms with Crippen LogP contribution in [0.15, 0.2) is 42.6 Å². The van der Waals surface area contributed by atoms with E-state index in [1.807, 2.05) is 0 Å². The second-order valence-electron chi connectivity index (χ2n) is 4.56. The van der Waals surface area contributed by atoms with E-state index in [0.29, 0.717) is 22.0 Å². The van der Waals surface area contributed by atoms with Crippen LogP contribution in [-0.4, -0.2) is 25.6 Å². The predicted octanol–water partition coefficient (Wildman–Crippen LogP) is 2.04. The van der Waals surface area contributed by atoms with Crippen molar-refractivity contribution in [3.05, 3.63) is 58.9 Å². The Morgan fingerprint density at radius 3 is 2.68 bits per heavy atom. The highest BCUT2D eigenvalue weighted by molar-refractivity contribution is 7.88. The quantitative estimate of drug-likeness (QED) is 0.872. The fourth-order valence-electron chi connectivity index (χ4n) is 1.68. The smallest absolute Gasteiger partial charge is 0.255 e. The summed E-state index contributed by atoms with van der Waals surface area (Å²) in [6, 6.07) is 9.94. The summed E-state index contributed by atoms with van der Waals surface area (Å²) in [4.78, 5) is 16.2. The van der Waals surface area contributed by atoms with E-state index in [1.54, 1.807) is 24.3 Å². The molecule has 1 heterocycles. The van der Waals surface area contributed by atoms with Crippen molar-refractivity contribution in [1.29, 1.82) is 0 Å². The van der Waals surface area contributed by atoms with Crippen molar-refractivity contribution in [2.24, 2.45) is 0 Å². The van der Waals surface area contributed by atoms with Gasteiger partial charge in [0.05, 0.1) is 29.2 Å². The van der Waals surface area contributed by atoms with Crippen LogP contribution in [0.3, 0.4) is 0 Å². The van der Waals surface area contributed by atoms with Crippen molar-refractivity contribution in [2.45, 2.75) is 6.54 Å². The minimum absolute atomic E-state index is 0.0199. The number of para-hydroxylation sites is 1. The van der Waals surface area contributed by atoms with Gasteiger partial charge in [-0.15, -0.1) is 0 Å². The molecule has 0 radical (unpaired) electrons. The number of nitrogens with one attached hydrogen (secondary N) is 2. The van der Waals surface area contributed by atoms with Gasteiger partial charge in [0.15, 0.2) is 0 Å². The molecule has 0 saturated carbocycles. The van der Waals surface area contributed by atoms with Crippen LogP contribution in [0.4, 0.5) is 5.69 Å². The van der Waals surface area contributed by atoms with Gasteiger partial charge in [-0.2, -0.15) is 0 Å². The Hall–Kier alpha value is -1.96. The Bertz CT molecular complexity index is 793. The van der Waals surface area contributed by atoms with Crippen LogP contribution in [0.5, 0.6) is 0 Å². The summed E-state index contributed by atoms with van der Waals surface area (Å²) in [7, 11) is -3.32.